The number of nitrogens with one attached hydrogen (secondary N) is 2. The normalized spacial score (nSPS) is 14.8. The van der Waals surface area contributed by atoms with E-state index in [1.807, 2.05) is 0 Å². The molecule has 3 rings (SSSR count). The van der Waals surface area contributed by atoms with Crippen molar-refractivity contribution >= 4 is 34.6 Å². The Balaban J connectivity index is 1.70. The van der Waals surface area contributed by atoms with Crippen LogP contribution in [0.1, 0.15) is 19.3 Å². The van der Waals surface area contributed by atoms with Gasteiger partial charge in [0.1, 0.15) is 6.33 Å². The molecule has 0 amide bonds. The third kappa shape index (κ3) is 4.80. The van der Waals surface area contributed by atoms with Crippen LogP contribution in [0.5, 0.6) is 0 Å². The van der Waals surface area contributed by atoms with Gasteiger partial charge in [-0.3, -0.25) is 10.1 Å². The minimum absolute atomic E-state index is 0.146. The van der Waals surface area contributed by atoms with Crippen LogP contribution >= 0.6 is 11.6 Å². The van der Waals surface area contributed by atoms with Crippen LogP contribution in [0, 0.1) is 10.1 Å². The SMILES string of the molecule is O=[N+]([O-])c1c(NCCN2CCCCC2)ncnc1Nc1ccc(Cl)cc1. The lowest BCUT2D eigenvalue weighted by Crippen LogP contribution is -2.33. The lowest BCUT2D eigenvalue weighted by Gasteiger charge is -2.26. The van der Waals surface area contributed by atoms with E-state index in [1.54, 1.807) is 24.3 Å². The van der Waals surface area contributed by atoms with E-state index in [-0.39, 0.29) is 17.3 Å². The highest BCUT2D eigenvalue weighted by atomic mass is 35.5. The van der Waals surface area contributed by atoms with Gasteiger partial charge in [-0.05, 0) is 50.2 Å². The van der Waals surface area contributed by atoms with Crippen molar-refractivity contribution in [2.75, 3.05) is 36.8 Å². The Morgan fingerprint density at radius 2 is 1.81 bits per heavy atom. The largest absolute Gasteiger partial charge is 0.363 e. The Morgan fingerprint density at radius 3 is 2.50 bits per heavy atom. The molecule has 8 nitrogen and oxygen atoms in total. The average molecular weight is 377 g/mol. The molecular weight excluding hydrogens is 356 g/mol. The first-order chi connectivity index (χ1) is 12.6. The highest BCUT2D eigenvalue weighted by molar-refractivity contribution is 6.30. The van der Waals surface area contributed by atoms with Crippen LogP contribution in [0.4, 0.5) is 23.0 Å². The number of aromatic nitrogens is 2. The van der Waals surface area contributed by atoms with Crippen LogP contribution in [-0.2, 0) is 0 Å². The number of anilines is 3. The first-order valence-corrected chi connectivity index (χ1v) is 8.99. The summed E-state index contributed by atoms with van der Waals surface area (Å²) in [5, 5.41) is 18.2. The first kappa shape index (κ1) is 18.3. The molecule has 1 aliphatic heterocycles. The van der Waals surface area contributed by atoms with E-state index >= 15 is 0 Å². The van der Waals surface area contributed by atoms with Crippen molar-refractivity contribution in [3.8, 4) is 0 Å². The van der Waals surface area contributed by atoms with Gasteiger partial charge in [0, 0.05) is 23.8 Å². The fourth-order valence-corrected chi connectivity index (χ4v) is 3.08. The van der Waals surface area contributed by atoms with Crippen LogP contribution in [-0.4, -0.2) is 46.0 Å². The molecule has 2 aromatic rings. The molecule has 0 bridgehead atoms. The summed E-state index contributed by atoms with van der Waals surface area (Å²) in [7, 11) is 0. The molecule has 138 valence electrons. The molecular formula is C17H21ClN6O2. The van der Waals surface area contributed by atoms with E-state index in [1.165, 1.54) is 25.6 Å². The van der Waals surface area contributed by atoms with Gasteiger partial charge in [0.25, 0.3) is 0 Å². The monoisotopic (exact) mass is 376 g/mol. The maximum Gasteiger partial charge on any atom is 0.353 e. The second-order valence-corrected chi connectivity index (χ2v) is 6.57. The molecule has 0 spiro atoms. The molecule has 1 aromatic carbocycles. The third-order valence-electron chi connectivity index (χ3n) is 4.28. The minimum atomic E-state index is -0.471. The number of likely N-dealkylation sites (tertiary alicyclic amines) is 1. The number of hydrogen-bond acceptors (Lipinski definition) is 7. The number of hydrogen-bond donors (Lipinski definition) is 2. The molecule has 9 heteroatoms. The summed E-state index contributed by atoms with van der Waals surface area (Å²) in [6.45, 7) is 3.59. The number of nitro groups is 1. The molecule has 0 unspecified atom stereocenters. The summed E-state index contributed by atoms with van der Waals surface area (Å²) in [6, 6.07) is 6.87. The van der Waals surface area contributed by atoms with E-state index < -0.39 is 4.92 Å². The van der Waals surface area contributed by atoms with Gasteiger partial charge in [-0.25, -0.2) is 9.97 Å². The Kier molecular flexibility index (Phi) is 6.19. The molecule has 0 saturated carbocycles. The van der Waals surface area contributed by atoms with Crippen molar-refractivity contribution in [1.29, 1.82) is 0 Å². The molecule has 26 heavy (non-hydrogen) atoms. The quantitative estimate of drug-likeness (QED) is 0.562. The molecule has 2 N–H and O–H groups in total. The molecule has 1 saturated heterocycles. The van der Waals surface area contributed by atoms with Gasteiger partial charge in [0.05, 0.1) is 4.92 Å². The average Bonchev–Trinajstić information content (AvgIpc) is 2.64. The fourth-order valence-electron chi connectivity index (χ4n) is 2.96. The summed E-state index contributed by atoms with van der Waals surface area (Å²) >= 11 is 5.87. The number of rotatable bonds is 7. The molecule has 0 aliphatic carbocycles. The highest BCUT2D eigenvalue weighted by Crippen LogP contribution is 2.31. The predicted octanol–water partition coefficient (Wildman–Crippen LogP) is 3.68. The van der Waals surface area contributed by atoms with E-state index in [4.69, 9.17) is 11.6 Å². The molecule has 1 aliphatic rings. The first-order valence-electron chi connectivity index (χ1n) is 8.61. The maximum atomic E-state index is 11.6. The van der Waals surface area contributed by atoms with Gasteiger partial charge in [-0.15, -0.1) is 0 Å². The summed E-state index contributed by atoms with van der Waals surface area (Å²) in [4.78, 5) is 21.5. The smallest absolute Gasteiger partial charge is 0.353 e. The van der Waals surface area contributed by atoms with Crippen molar-refractivity contribution in [2.45, 2.75) is 19.3 Å². The maximum absolute atomic E-state index is 11.6. The van der Waals surface area contributed by atoms with E-state index in [0.29, 0.717) is 17.3 Å². The van der Waals surface area contributed by atoms with E-state index in [0.717, 1.165) is 19.6 Å². The second-order valence-electron chi connectivity index (χ2n) is 6.14. The molecule has 1 aromatic heterocycles. The summed E-state index contributed by atoms with van der Waals surface area (Å²) < 4.78 is 0. The van der Waals surface area contributed by atoms with Crippen LogP contribution in [0.2, 0.25) is 5.02 Å². The minimum Gasteiger partial charge on any atom is -0.363 e. The number of benzene rings is 1. The summed E-state index contributed by atoms with van der Waals surface area (Å²) in [5.74, 6) is 0.367. The molecule has 1 fully saturated rings. The summed E-state index contributed by atoms with van der Waals surface area (Å²) in [5.41, 5.74) is 0.497. The zero-order chi connectivity index (χ0) is 18.4. The predicted molar refractivity (Wildman–Crippen MR) is 102 cm³/mol. The van der Waals surface area contributed by atoms with Crippen molar-refractivity contribution < 1.29 is 4.92 Å². The Morgan fingerprint density at radius 1 is 1.12 bits per heavy atom. The zero-order valence-corrected chi connectivity index (χ0v) is 15.1. The fraction of sp³-hybridized carbons (Fsp3) is 0.412. The molecule has 2 heterocycles. The molecule has 0 atom stereocenters. The van der Waals surface area contributed by atoms with Crippen LogP contribution in [0.15, 0.2) is 30.6 Å². The van der Waals surface area contributed by atoms with Crippen molar-refractivity contribution in [2.24, 2.45) is 0 Å². The van der Waals surface area contributed by atoms with E-state index in [9.17, 15) is 10.1 Å². The Bertz CT molecular complexity index is 749. The van der Waals surface area contributed by atoms with Gasteiger partial charge in [0.2, 0.25) is 11.6 Å². The standard InChI is InChI=1S/C17H21ClN6O2/c18-13-4-6-14(7-5-13)22-17-15(24(25)26)16(20-12-21-17)19-8-11-23-9-2-1-3-10-23/h4-7,12H,1-3,8-11H2,(H2,19,20,21,22). The van der Waals surface area contributed by atoms with Crippen molar-refractivity contribution in [1.82, 2.24) is 14.9 Å². The highest BCUT2D eigenvalue weighted by Gasteiger charge is 2.23. The number of nitrogens with zero attached hydrogens (tertiary/aromatic N) is 4. The second kappa shape index (κ2) is 8.77. The van der Waals surface area contributed by atoms with Gasteiger partial charge < -0.3 is 15.5 Å². The lowest BCUT2D eigenvalue weighted by molar-refractivity contribution is -0.383. The van der Waals surface area contributed by atoms with Gasteiger partial charge in [-0.1, -0.05) is 18.0 Å². The topological polar surface area (TPSA) is 96.2 Å². The Hall–Kier alpha value is -2.45. The third-order valence-corrected chi connectivity index (χ3v) is 4.53. The van der Waals surface area contributed by atoms with Crippen LogP contribution in [0.3, 0.4) is 0 Å². The van der Waals surface area contributed by atoms with E-state index in [2.05, 4.69) is 25.5 Å². The lowest BCUT2D eigenvalue weighted by atomic mass is 10.1. The van der Waals surface area contributed by atoms with Gasteiger partial charge >= 0.3 is 5.69 Å². The van der Waals surface area contributed by atoms with Crippen molar-refractivity contribution in [3.05, 3.63) is 45.7 Å². The van der Waals surface area contributed by atoms with Crippen molar-refractivity contribution in [3.63, 3.8) is 0 Å². The van der Waals surface area contributed by atoms with Crippen LogP contribution < -0.4 is 10.6 Å². The zero-order valence-electron chi connectivity index (χ0n) is 14.3. The number of piperidine rings is 1. The molecule has 0 radical (unpaired) electrons. The number of halogens is 1. The van der Waals surface area contributed by atoms with Crippen LogP contribution in [0.25, 0.3) is 0 Å². The van der Waals surface area contributed by atoms with Gasteiger partial charge in [-0.2, -0.15) is 0 Å². The van der Waals surface area contributed by atoms with Gasteiger partial charge in [0.15, 0.2) is 0 Å². The Labute approximate surface area is 156 Å². The summed E-state index contributed by atoms with van der Waals surface area (Å²) in [6.07, 6.45) is 5.02.